The summed E-state index contributed by atoms with van der Waals surface area (Å²) in [4.78, 5) is 15.2. The zero-order chi connectivity index (χ0) is 11.0. The first-order valence-electron chi connectivity index (χ1n) is 4.61. The number of fused-ring (bicyclic) bond motifs is 1. The third-order valence-electron chi connectivity index (χ3n) is 2.28. The molecular formula is C10H12BrN3O. The number of rotatable bonds is 1. The topological polar surface area (TPSA) is 35.6 Å². The Bertz CT molecular complexity index is 384. The van der Waals surface area contributed by atoms with E-state index in [2.05, 4.69) is 21.2 Å². The average molecular weight is 270 g/mol. The second-order valence-corrected chi connectivity index (χ2v) is 4.55. The molecule has 4 nitrogen and oxygen atoms in total. The minimum absolute atomic E-state index is 0.0156. The van der Waals surface area contributed by atoms with Crippen LogP contribution in [0.15, 0.2) is 34.7 Å². The zero-order valence-electron chi connectivity index (χ0n) is 8.57. The number of carbonyl (C=O) groups excluding carboxylic acids is 1. The second-order valence-electron chi connectivity index (χ2n) is 3.63. The molecule has 2 aliphatic rings. The lowest BCUT2D eigenvalue weighted by Crippen LogP contribution is -2.37. The van der Waals surface area contributed by atoms with Crippen molar-refractivity contribution >= 4 is 21.8 Å². The van der Waals surface area contributed by atoms with Crippen molar-refractivity contribution < 1.29 is 4.79 Å². The maximum Gasteiger partial charge on any atom is 0.271 e. The van der Waals surface area contributed by atoms with Gasteiger partial charge in [-0.3, -0.25) is 4.79 Å². The molecule has 1 amide bonds. The van der Waals surface area contributed by atoms with Gasteiger partial charge in [0.2, 0.25) is 0 Å². The fourth-order valence-corrected chi connectivity index (χ4v) is 2.01. The predicted octanol–water partition coefficient (Wildman–Crippen LogP) is 0.953. The molecular weight excluding hydrogens is 258 g/mol. The summed E-state index contributed by atoms with van der Waals surface area (Å²) in [5.41, 5.74) is 0.613. The zero-order valence-corrected chi connectivity index (χ0v) is 10.2. The van der Waals surface area contributed by atoms with Crippen LogP contribution >= 0.6 is 15.9 Å². The third kappa shape index (κ3) is 1.79. The molecule has 15 heavy (non-hydrogen) atoms. The Hall–Kier alpha value is -1.23. The molecule has 0 radical (unpaired) electrons. The van der Waals surface area contributed by atoms with Crippen LogP contribution in [0.1, 0.15) is 0 Å². The maximum atomic E-state index is 11.7. The molecule has 0 aliphatic carbocycles. The molecule has 80 valence electrons. The van der Waals surface area contributed by atoms with E-state index in [0.717, 1.165) is 4.48 Å². The van der Waals surface area contributed by atoms with Crippen molar-refractivity contribution in [2.45, 2.75) is 6.17 Å². The van der Waals surface area contributed by atoms with Crippen molar-refractivity contribution in [2.75, 3.05) is 14.1 Å². The molecule has 0 bridgehead atoms. The number of allylic oxidation sites excluding steroid dienone is 2. The Morgan fingerprint density at radius 1 is 1.60 bits per heavy atom. The lowest BCUT2D eigenvalue weighted by atomic mass is 10.3. The van der Waals surface area contributed by atoms with E-state index in [-0.39, 0.29) is 12.1 Å². The van der Waals surface area contributed by atoms with Crippen LogP contribution in [0.2, 0.25) is 0 Å². The Kier molecular flexibility index (Phi) is 2.56. The van der Waals surface area contributed by atoms with Crippen molar-refractivity contribution in [3.8, 4) is 0 Å². The SMILES string of the molecule is CN(C)C(=O)C1=CN2C=CC=C(Br)[C@H]2N1. The fraction of sp³-hybridized carbons (Fsp3) is 0.300. The highest BCUT2D eigenvalue weighted by atomic mass is 79.9. The highest BCUT2D eigenvalue weighted by Crippen LogP contribution is 2.25. The molecule has 0 aromatic heterocycles. The van der Waals surface area contributed by atoms with Gasteiger partial charge in [0.15, 0.2) is 0 Å². The van der Waals surface area contributed by atoms with Crippen molar-refractivity contribution in [2.24, 2.45) is 0 Å². The number of likely N-dealkylation sites (N-methyl/N-ethyl adjacent to an activating group) is 1. The van der Waals surface area contributed by atoms with Gasteiger partial charge in [-0.15, -0.1) is 0 Å². The van der Waals surface area contributed by atoms with Gasteiger partial charge in [-0.25, -0.2) is 0 Å². The van der Waals surface area contributed by atoms with Crippen LogP contribution in [0.25, 0.3) is 0 Å². The molecule has 5 heteroatoms. The van der Waals surface area contributed by atoms with E-state index in [9.17, 15) is 4.79 Å². The largest absolute Gasteiger partial charge is 0.355 e. The molecule has 2 rings (SSSR count). The number of hydrogen-bond acceptors (Lipinski definition) is 3. The van der Waals surface area contributed by atoms with Gasteiger partial charge in [0, 0.05) is 31.0 Å². The number of hydrogen-bond donors (Lipinski definition) is 1. The standard InChI is InChI=1S/C10H12BrN3O/c1-13(2)10(15)8-6-14-5-3-4-7(11)9(14)12-8/h3-6,9,12H,1-2H3/t9-/m0/s1. The minimum Gasteiger partial charge on any atom is -0.355 e. The van der Waals surface area contributed by atoms with E-state index in [0.29, 0.717) is 5.70 Å². The van der Waals surface area contributed by atoms with E-state index in [1.165, 1.54) is 0 Å². The Labute approximate surface area is 97.0 Å². The van der Waals surface area contributed by atoms with Crippen molar-refractivity contribution in [1.82, 2.24) is 15.1 Å². The van der Waals surface area contributed by atoms with Gasteiger partial charge in [0.1, 0.15) is 11.9 Å². The van der Waals surface area contributed by atoms with Gasteiger partial charge in [-0.1, -0.05) is 15.9 Å². The summed E-state index contributed by atoms with van der Waals surface area (Å²) in [7, 11) is 3.48. The summed E-state index contributed by atoms with van der Waals surface area (Å²) in [6.07, 6.45) is 7.66. The normalized spacial score (nSPS) is 22.9. The maximum absolute atomic E-state index is 11.7. The molecule has 0 unspecified atom stereocenters. The Morgan fingerprint density at radius 2 is 2.33 bits per heavy atom. The number of nitrogens with zero attached hydrogens (tertiary/aromatic N) is 2. The van der Waals surface area contributed by atoms with Crippen LogP contribution in [0.4, 0.5) is 0 Å². The molecule has 0 saturated carbocycles. The van der Waals surface area contributed by atoms with E-state index in [1.807, 2.05) is 29.5 Å². The van der Waals surface area contributed by atoms with Gasteiger partial charge >= 0.3 is 0 Å². The van der Waals surface area contributed by atoms with E-state index in [1.54, 1.807) is 19.0 Å². The quantitative estimate of drug-likeness (QED) is 0.770. The van der Waals surface area contributed by atoms with E-state index in [4.69, 9.17) is 0 Å². The Balaban J connectivity index is 2.18. The second kappa shape index (κ2) is 3.73. The monoisotopic (exact) mass is 269 g/mol. The molecule has 0 saturated heterocycles. The highest BCUT2D eigenvalue weighted by Gasteiger charge is 2.29. The smallest absolute Gasteiger partial charge is 0.271 e. The molecule has 0 fully saturated rings. The van der Waals surface area contributed by atoms with Crippen LogP contribution in [0.5, 0.6) is 0 Å². The van der Waals surface area contributed by atoms with Crippen LogP contribution in [-0.2, 0) is 4.79 Å². The molecule has 0 aromatic carbocycles. The summed E-state index contributed by atoms with van der Waals surface area (Å²) in [5, 5.41) is 3.15. The number of amides is 1. The highest BCUT2D eigenvalue weighted by molar-refractivity contribution is 9.11. The van der Waals surface area contributed by atoms with E-state index < -0.39 is 0 Å². The summed E-state index contributed by atoms with van der Waals surface area (Å²) < 4.78 is 1.02. The molecule has 2 heterocycles. The summed E-state index contributed by atoms with van der Waals surface area (Å²) in [5.74, 6) is -0.0156. The summed E-state index contributed by atoms with van der Waals surface area (Å²) in [6, 6.07) is 0. The van der Waals surface area contributed by atoms with Gasteiger partial charge in [0.05, 0.1) is 0 Å². The number of halogens is 1. The number of carbonyl (C=O) groups is 1. The summed E-state index contributed by atoms with van der Waals surface area (Å²) >= 11 is 3.46. The van der Waals surface area contributed by atoms with Crippen LogP contribution in [-0.4, -0.2) is 36.0 Å². The first kappa shape index (κ1) is 10.3. The first-order valence-corrected chi connectivity index (χ1v) is 5.40. The van der Waals surface area contributed by atoms with E-state index >= 15 is 0 Å². The third-order valence-corrected chi connectivity index (χ3v) is 2.98. The average Bonchev–Trinajstić information content (AvgIpc) is 2.61. The number of nitrogens with one attached hydrogen (secondary N) is 1. The van der Waals surface area contributed by atoms with Gasteiger partial charge < -0.3 is 15.1 Å². The van der Waals surface area contributed by atoms with Gasteiger partial charge in [0.25, 0.3) is 5.91 Å². The Morgan fingerprint density at radius 3 is 2.93 bits per heavy atom. The van der Waals surface area contributed by atoms with Crippen LogP contribution in [0, 0.1) is 0 Å². The minimum atomic E-state index is -0.0156. The molecule has 0 spiro atoms. The molecule has 1 atom stereocenters. The lowest BCUT2D eigenvalue weighted by Gasteiger charge is -2.24. The predicted molar refractivity (Wildman–Crippen MR) is 61.7 cm³/mol. The van der Waals surface area contributed by atoms with Crippen LogP contribution in [0.3, 0.4) is 0 Å². The van der Waals surface area contributed by atoms with Crippen molar-refractivity contribution in [3.05, 3.63) is 34.7 Å². The molecule has 1 N–H and O–H groups in total. The lowest BCUT2D eigenvalue weighted by molar-refractivity contribution is -0.125. The summed E-state index contributed by atoms with van der Waals surface area (Å²) in [6.45, 7) is 0. The van der Waals surface area contributed by atoms with Gasteiger partial charge in [-0.2, -0.15) is 0 Å². The van der Waals surface area contributed by atoms with Crippen LogP contribution < -0.4 is 5.32 Å². The fourth-order valence-electron chi connectivity index (χ4n) is 1.51. The first-order chi connectivity index (χ1) is 7.09. The molecule has 2 aliphatic heterocycles. The molecule has 0 aromatic rings. The van der Waals surface area contributed by atoms with Gasteiger partial charge in [-0.05, 0) is 12.2 Å². The van der Waals surface area contributed by atoms with Crippen molar-refractivity contribution in [3.63, 3.8) is 0 Å². The van der Waals surface area contributed by atoms with Crippen molar-refractivity contribution in [1.29, 1.82) is 0 Å².